The first kappa shape index (κ1) is 13.4. The fourth-order valence-corrected chi connectivity index (χ4v) is 3.21. The van der Waals surface area contributed by atoms with Gasteiger partial charge in [0.1, 0.15) is 11.8 Å². The molecule has 0 unspecified atom stereocenters. The fraction of sp³-hybridized carbons (Fsp3) is 0.286. The Labute approximate surface area is 122 Å². The van der Waals surface area contributed by atoms with Crippen molar-refractivity contribution in [3.8, 4) is 0 Å². The summed E-state index contributed by atoms with van der Waals surface area (Å²) in [4.78, 5) is 12.1. The van der Waals surface area contributed by atoms with E-state index in [0.29, 0.717) is 6.73 Å². The molecule has 0 fully saturated rings. The predicted octanol–water partition coefficient (Wildman–Crippen LogP) is 2.40. The van der Waals surface area contributed by atoms with Gasteiger partial charge in [-0.3, -0.25) is 4.90 Å². The summed E-state index contributed by atoms with van der Waals surface area (Å²) in [6.07, 6.45) is 3.43. The van der Waals surface area contributed by atoms with Crippen LogP contribution in [0, 0.1) is 0 Å². The smallest absolute Gasteiger partial charge is 0.168 e. The number of fused-ring (bicyclic) bond motifs is 2. The zero-order valence-corrected chi connectivity index (χ0v) is 12.3. The molecule has 20 heavy (non-hydrogen) atoms. The lowest BCUT2D eigenvalue weighted by atomic mass is 10.2. The van der Waals surface area contributed by atoms with Gasteiger partial charge in [-0.05, 0) is 24.7 Å². The highest BCUT2D eigenvalue weighted by Gasteiger charge is 2.25. The average molecular weight is 288 g/mol. The highest BCUT2D eigenvalue weighted by molar-refractivity contribution is 7.99. The standard InChI is InChI=1S/C14H16N4OS/c1-15-8-10-3-4-12-11(7-10)18(9-19-2)13-14(20-12)17-6-5-16-13/h3-7,15H,8-9H2,1-2H3. The van der Waals surface area contributed by atoms with E-state index in [-0.39, 0.29) is 0 Å². The van der Waals surface area contributed by atoms with Crippen molar-refractivity contribution in [2.45, 2.75) is 16.5 Å². The van der Waals surface area contributed by atoms with E-state index < -0.39 is 0 Å². The van der Waals surface area contributed by atoms with E-state index in [1.165, 1.54) is 10.5 Å². The highest BCUT2D eigenvalue weighted by atomic mass is 32.2. The maximum Gasteiger partial charge on any atom is 0.168 e. The van der Waals surface area contributed by atoms with Crippen LogP contribution in [-0.4, -0.2) is 30.9 Å². The second-order valence-electron chi connectivity index (χ2n) is 4.47. The van der Waals surface area contributed by atoms with Crippen LogP contribution in [0.25, 0.3) is 0 Å². The van der Waals surface area contributed by atoms with Gasteiger partial charge in [0.2, 0.25) is 0 Å². The van der Waals surface area contributed by atoms with Crippen LogP contribution < -0.4 is 10.2 Å². The third-order valence-corrected chi connectivity index (χ3v) is 4.11. The van der Waals surface area contributed by atoms with E-state index in [9.17, 15) is 0 Å². The molecule has 0 aliphatic carbocycles. The molecule has 0 saturated carbocycles. The normalized spacial score (nSPS) is 13.0. The Balaban J connectivity index is 2.06. The van der Waals surface area contributed by atoms with Crippen molar-refractivity contribution in [1.82, 2.24) is 15.3 Å². The number of hydrogen-bond donors (Lipinski definition) is 1. The SMILES string of the molecule is CNCc1ccc2c(c1)N(COC)c1nccnc1S2. The Kier molecular flexibility index (Phi) is 3.86. The molecule has 6 heteroatoms. The molecule has 1 aliphatic heterocycles. The van der Waals surface area contributed by atoms with Gasteiger partial charge < -0.3 is 10.1 Å². The second kappa shape index (κ2) is 5.78. The van der Waals surface area contributed by atoms with Gasteiger partial charge in [0.25, 0.3) is 0 Å². The molecular formula is C14H16N4OS. The Morgan fingerprint density at radius 1 is 1.30 bits per heavy atom. The molecule has 3 rings (SSSR count). The summed E-state index contributed by atoms with van der Waals surface area (Å²) >= 11 is 1.65. The molecule has 1 aromatic heterocycles. The fourth-order valence-electron chi connectivity index (χ4n) is 2.23. The largest absolute Gasteiger partial charge is 0.364 e. The van der Waals surface area contributed by atoms with Gasteiger partial charge in [-0.2, -0.15) is 0 Å². The molecule has 0 radical (unpaired) electrons. The van der Waals surface area contributed by atoms with Gasteiger partial charge in [-0.25, -0.2) is 9.97 Å². The molecule has 2 heterocycles. The van der Waals surface area contributed by atoms with Gasteiger partial charge >= 0.3 is 0 Å². The summed E-state index contributed by atoms with van der Waals surface area (Å²) in [6, 6.07) is 6.44. The lowest BCUT2D eigenvalue weighted by molar-refractivity contribution is 0.204. The van der Waals surface area contributed by atoms with Gasteiger partial charge in [0, 0.05) is 30.9 Å². The van der Waals surface area contributed by atoms with Crippen LogP contribution in [-0.2, 0) is 11.3 Å². The van der Waals surface area contributed by atoms with Crippen molar-refractivity contribution in [2.75, 3.05) is 25.8 Å². The summed E-state index contributed by atoms with van der Waals surface area (Å²) < 4.78 is 5.33. The van der Waals surface area contributed by atoms with Crippen molar-refractivity contribution < 1.29 is 4.74 Å². The van der Waals surface area contributed by atoms with Crippen LogP contribution in [0.5, 0.6) is 0 Å². The second-order valence-corrected chi connectivity index (χ2v) is 5.50. The van der Waals surface area contributed by atoms with Crippen LogP contribution in [0.2, 0.25) is 0 Å². The summed E-state index contributed by atoms with van der Waals surface area (Å²) in [5.74, 6) is 0.855. The number of ether oxygens (including phenoxy) is 1. The number of anilines is 2. The molecule has 0 saturated heterocycles. The molecule has 1 N–H and O–H groups in total. The van der Waals surface area contributed by atoms with Crippen LogP contribution in [0.15, 0.2) is 40.5 Å². The van der Waals surface area contributed by atoms with Crippen LogP contribution in [0.3, 0.4) is 0 Å². The minimum atomic E-state index is 0.461. The summed E-state index contributed by atoms with van der Waals surface area (Å²) in [5, 5.41) is 4.09. The average Bonchev–Trinajstić information content (AvgIpc) is 2.48. The van der Waals surface area contributed by atoms with Gasteiger partial charge in [-0.1, -0.05) is 17.8 Å². The molecule has 0 atom stereocenters. The van der Waals surface area contributed by atoms with Crippen LogP contribution in [0.1, 0.15) is 5.56 Å². The van der Waals surface area contributed by atoms with E-state index in [0.717, 1.165) is 23.1 Å². The number of aromatic nitrogens is 2. The lowest BCUT2D eigenvalue weighted by Crippen LogP contribution is -2.24. The number of rotatable bonds is 4. The molecule has 0 spiro atoms. The number of nitrogens with zero attached hydrogens (tertiary/aromatic N) is 3. The third kappa shape index (κ3) is 2.37. The summed E-state index contributed by atoms with van der Waals surface area (Å²) in [7, 11) is 3.64. The number of benzene rings is 1. The maximum absolute atomic E-state index is 5.33. The number of hydrogen-bond acceptors (Lipinski definition) is 6. The van der Waals surface area contributed by atoms with E-state index in [4.69, 9.17) is 4.74 Å². The third-order valence-electron chi connectivity index (χ3n) is 3.06. The Morgan fingerprint density at radius 2 is 2.15 bits per heavy atom. The monoisotopic (exact) mass is 288 g/mol. The number of nitrogens with one attached hydrogen (secondary N) is 1. The van der Waals surface area contributed by atoms with Crippen LogP contribution in [0.4, 0.5) is 11.5 Å². The molecule has 2 aromatic rings. The first-order valence-electron chi connectivity index (χ1n) is 6.36. The topological polar surface area (TPSA) is 50.3 Å². The van der Waals surface area contributed by atoms with E-state index in [1.54, 1.807) is 31.3 Å². The van der Waals surface area contributed by atoms with Crippen molar-refractivity contribution in [3.63, 3.8) is 0 Å². The van der Waals surface area contributed by atoms with E-state index in [2.05, 4.69) is 38.4 Å². The minimum absolute atomic E-state index is 0.461. The molecule has 1 aromatic carbocycles. The van der Waals surface area contributed by atoms with Crippen molar-refractivity contribution >= 4 is 23.3 Å². The van der Waals surface area contributed by atoms with Gasteiger partial charge in [0.15, 0.2) is 5.82 Å². The first-order chi connectivity index (χ1) is 9.83. The van der Waals surface area contributed by atoms with Crippen molar-refractivity contribution in [1.29, 1.82) is 0 Å². The Morgan fingerprint density at radius 3 is 2.95 bits per heavy atom. The molecule has 1 aliphatic rings. The zero-order valence-electron chi connectivity index (χ0n) is 11.5. The minimum Gasteiger partial charge on any atom is -0.364 e. The van der Waals surface area contributed by atoms with Gasteiger partial charge in [0.05, 0.1) is 5.69 Å². The molecular weight excluding hydrogens is 272 g/mol. The zero-order chi connectivity index (χ0) is 13.9. The molecule has 0 amide bonds. The number of methoxy groups -OCH3 is 1. The molecule has 5 nitrogen and oxygen atoms in total. The first-order valence-corrected chi connectivity index (χ1v) is 7.18. The molecule has 0 bridgehead atoms. The highest BCUT2D eigenvalue weighted by Crippen LogP contribution is 2.46. The summed E-state index contributed by atoms with van der Waals surface area (Å²) in [5.41, 5.74) is 2.36. The Bertz CT molecular complexity index is 620. The van der Waals surface area contributed by atoms with Gasteiger partial charge in [-0.15, -0.1) is 0 Å². The summed E-state index contributed by atoms with van der Waals surface area (Å²) in [6.45, 7) is 1.30. The molecule has 104 valence electrons. The van der Waals surface area contributed by atoms with E-state index >= 15 is 0 Å². The van der Waals surface area contributed by atoms with Crippen LogP contribution >= 0.6 is 11.8 Å². The lowest BCUT2D eigenvalue weighted by Gasteiger charge is -2.30. The quantitative estimate of drug-likeness (QED) is 0.932. The van der Waals surface area contributed by atoms with Crippen molar-refractivity contribution in [2.24, 2.45) is 0 Å². The Hall–Kier alpha value is -1.63. The van der Waals surface area contributed by atoms with Crippen molar-refractivity contribution in [3.05, 3.63) is 36.2 Å². The predicted molar refractivity (Wildman–Crippen MR) is 79.4 cm³/mol. The van der Waals surface area contributed by atoms with E-state index in [1.807, 2.05) is 7.05 Å². The maximum atomic E-state index is 5.33.